The van der Waals surface area contributed by atoms with Gasteiger partial charge >= 0.3 is 0 Å². The van der Waals surface area contributed by atoms with E-state index in [1.54, 1.807) is 15.7 Å². The number of nitrogens with zero attached hydrogens (tertiary/aromatic N) is 2. The van der Waals surface area contributed by atoms with Crippen LogP contribution in [0.4, 0.5) is 0 Å². The van der Waals surface area contributed by atoms with Crippen LogP contribution in [0.1, 0.15) is 45.8 Å². The van der Waals surface area contributed by atoms with Crippen LogP contribution in [0.2, 0.25) is 0 Å². The Hall–Kier alpha value is -2.47. The highest BCUT2D eigenvalue weighted by molar-refractivity contribution is 7.17. The summed E-state index contributed by atoms with van der Waals surface area (Å²) in [5.41, 5.74) is 1.90. The van der Waals surface area contributed by atoms with Gasteiger partial charge in [-0.15, -0.1) is 11.3 Å². The van der Waals surface area contributed by atoms with E-state index in [2.05, 4.69) is 10.3 Å². The van der Waals surface area contributed by atoms with Crippen LogP contribution in [0.25, 0.3) is 4.96 Å². The third-order valence-corrected chi connectivity index (χ3v) is 5.75. The summed E-state index contributed by atoms with van der Waals surface area (Å²) in [6.07, 6.45) is 6.70. The fraction of sp³-hybridized carbons (Fsp3) is 0.316. The fourth-order valence-corrected chi connectivity index (χ4v) is 4.44. The van der Waals surface area contributed by atoms with Crippen LogP contribution in [-0.2, 0) is 19.4 Å². The molecule has 0 bridgehead atoms. The van der Waals surface area contributed by atoms with Crippen molar-refractivity contribution in [2.24, 2.45) is 0 Å². The monoisotopic (exact) mass is 353 g/mol. The minimum atomic E-state index is -0.371. The van der Waals surface area contributed by atoms with Crippen molar-refractivity contribution in [3.63, 3.8) is 0 Å². The van der Waals surface area contributed by atoms with E-state index in [1.807, 2.05) is 30.3 Å². The molecule has 0 fully saturated rings. The summed E-state index contributed by atoms with van der Waals surface area (Å²) >= 11 is 1.58. The summed E-state index contributed by atoms with van der Waals surface area (Å²) in [5.74, 6) is -0.371. The van der Waals surface area contributed by atoms with Crippen LogP contribution in [0.3, 0.4) is 0 Å². The Balaban J connectivity index is 1.66. The van der Waals surface area contributed by atoms with Gasteiger partial charge in [0.15, 0.2) is 4.96 Å². The van der Waals surface area contributed by atoms with E-state index < -0.39 is 0 Å². The Bertz CT molecular complexity index is 975. The molecule has 6 heteroatoms. The van der Waals surface area contributed by atoms with E-state index in [-0.39, 0.29) is 17.0 Å². The number of aryl methyl sites for hydroxylation is 2. The van der Waals surface area contributed by atoms with E-state index >= 15 is 0 Å². The smallest absolute Gasteiger partial charge is 0.271 e. The van der Waals surface area contributed by atoms with Crippen LogP contribution < -0.4 is 10.9 Å². The molecule has 0 saturated carbocycles. The van der Waals surface area contributed by atoms with Crippen molar-refractivity contribution in [3.05, 3.63) is 68.6 Å². The van der Waals surface area contributed by atoms with Gasteiger partial charge in [-0.05, 0) is 31.2 Å². The number of nitrogens with one attached hydrogen (secondary N) is 1. The summed E-state index contributed by atoms with van der Waals surface area (Å²) < 4.78 is 1.66. The summed E-state index contributed by atoms with van der Waals surface area (Å²) in [7, 11) is 0. The molecule has 0 saturated heterocycles. The molecule has 0 aliphatic heterocycles. The van der Waals surface area contributed by atoms with E-state index in [0.717, 1.165) is 36.9 Å². The highest BCUT2D eigenvalue weighted by Crippen LogP contribution is 2.27. The maximum atomic E-state index is 12.9. The van der Waals surface area contributed by atoms with Gasteiger partial charge in [-0.25, -0.2) is 4.98 Å². The van der Waals surface area contributed by atoms with Crippen molar-refractivity contribution in [1.29, 1.82) is 0 Å². The Morgan fingerprint density at radius 2 is 1.96 bits per heavy atom. The zero-order valence-corrected chi connectivity index (χ0v) is 14.6. The SMILES string of the molecule is O=C(NCc1ccccc1)c1cnc2sc3c(n2c1=O)CCCCC3. The van der Waals surface area contributed by atoms with E-state index in [0.29, 0.717) is 11.5 Å². The number of hydrogen-bond acceptors (Lipinski definition) is 4. The lowest BCUT2D eigenvalue weighted by Crippen LogP contribution is -2.31. The highest BCUT2D eigenvalue weighted by atomic mass is 32.1. The molecular formula is C19H19N3O2S. The molecule has 0 spiro atoms. The summed E-state index contributed by atoms with van der Waals surface area (Å²) in [6, 6.07) is 9.65. The number of thiazole rings is 1. The average Bonchev–Trinajstić information content (AvgIpc) is 2.83. The minimum absolute atomic E-state index is 0.110. The predicted octanol–water partition coefficient (Wildman–Crippen LogP) is 2.95. The van der Waals surface area contributed by atoms with Crippen molar-refractivity contribution < 1.29 is 4.79 Å². The van der Waals surface area contributed by atoms with Gasteiger partial charge in [-0.1, -0.05) is 36.8 Å². The van der Waals surface area contributed by atoms with Crippen molar-refractivity contribution >= 4 is 22.2 Å². The number of rotatable bonds is 3. The second-order valence-electron chi connectivity index (χ2n) is 6.30. The van der Waals surface area contributed by atoms with Gasteiger partial charge in [0.2, 0.25) is 0 Å². The number of fused-ring (bicyclic) bond motifs is 3. The Morgan fingerprint density at radius 3 is 2.80 bits per heavy atom. The number of carbonyl (C=O) groups excluding carboxylic acids is 1. The lowest BCUT2D eigenvalue weighted by atomic mass is 10.2. The highest BCUT2D eigenvalue weighted by Gasteiger charge is 2.20. The third kappa shape index (κ3) is 3.09. The van der Waals surface area contributed by atoms with Gasteiger partial charge in [0.25, 0.3) is 11.5 Å². The lowest BCUT2D eigenvalue weighted by Gasteiger charge is -2.06. The maximum absolute atomic E-state index is 12.9. The van der Waals surface area contributed by atoms with Crippen molar-refractivity contribution in [3.8, 4) is 0 Å². The topological polar surface area (TPSA) is 63.5 Å². The molecule has 1 N–H and O–H groups in total. The molecule has 4 rings (SSSR count). The molecule has 1 aromatic carbocycles. The summed E-state index contributed by atoms with van der Waals surface area (Å²) in [5, 5.41) is 2.82. The maximum Gasteiger partial charge on any atom is 0.271 e. The van der Waals surface area contributed by atoms with Crippen molar-refractivity contribution in [2.75, 3.05) is 0 Å². The summed E-state index contributed by atoms with van der Waals surface area (Å²) in [6.45, 7) is 0.392. The van der Waals surface area contributed by atoms with Crippen LogP contribution in [-0.4, -0.2) is 15.3 Å². The van der Waals surface area contributed by atoms with Gasteiger partial charge in [0, 0.05) is 23.3 Å². The molecule has 0 radical (unpaired) electrons. The first-order valence-corrected chi connectivity index (χ1v) is 9.40. The van der Waals surface area contributed by atoms with E-state index in [1.165, 1.54) is 17.5 Å². The standard InChI is InChI=1S/C19H19N3O2S/c23-17(20-11-13-7-3-1-4-8-13)14-12-21-19-22(18(14)24)15-9-5-2-6-10-16(15)25-19/h1,3-4,7-8,12H,2,5-6,9-11H2,(H,20,23). The number of benzene rings is 1. The Kier molecular flexibility index (Phi) is 4.36. The first kappa shape index (κ1) is 16.0. The van der Waals surface area contributed by atoms with Crippen molar-refractivity contribution in [1.82, 2.24) is 14.7 Å². The quantitative estimate of drug-likeness (QED) is 0.737. The predicted molar refractivity (Wildman–Crippen MR) is 98.2 cm³/mol. The molecule has 2 heterocycles. The number of amides is 1. The number of aromatic nitrogens is 2. The normalized spacial score (nSPS) is 14.1. The third-order valence-electron chi connectivity index (χ3n) is 4.59. The minimum Gasteiger partial charge on any atom is -0.348 e. The van der Waals surface area contributed by atoms with E-state index in [4.69, 9.17) is 0 Å². The molecule has 1 aliphatic carbocycles. The Labute approximate surface area is 149 Å². The molecule has 2 aromatic heterocycles. The zero-order chi connectivity index (χ0) is 17.2. The second kappa shape index (κ2) is 6.80. The Morgan fingerprint density at radius 1 is 1.16 bits per heavy atom. The molecule has 0 atom stereocenters. The van der Waals surface area contributed by atoms with Crippen molar-refractivity contribution in [2.45, 2.75) is 38.6 Å². The van der Waals surface area contributed by atoms with Crippen LogP contribution >= 0.6 is 11.3 Å². The largest absolute Gasteiger partial charge is 0.348 e. The molecule has 128 valence electrons. The zero-order valence-electron chi connectivity index (χ0n) is 13.8. The summed E-state index contributed by atoms with van der Waals surface area (Å²) in [4.78, 5) is 31.7. The van der Waals surface area contributed by atoms with Gasteiger partial charge in [0.1, 0.15) is 5.56 Å². The molecule has 3 aromatic rings. The molecule has 1 aliphatic rings. The molecule has 0 unspecified atom stereocenters. The van der Waals surface area contributed by atoms with Gasteiger partial charge in [-0.2, -0.15) is 0 Å². The fourth-order valence-electron chi connectivity index (χ4n) is 3.27. The van der Waals surface area contributed by atoms with Gasteiger partial charge in [-0.3, -0.25) is 14.0 Å². The first-order chi connectivity index (χ1) is 12.2. The number of hydrogen-bond donors (Lipinski definition) is 1. The van der Waals surface area contributed by atoms with Crippen LogP contribution in [0, 0.1) is 0 Å². The molecular weight excluding hydrogens is 334 g/mol. The van der Waals surface area contributed by atoms with Crippen LogP contribution in [0.15, 0.2) is 41.3 Å². The second-order valence-corrected chi connectivity index (χ2v) is 7.36. The molecule has 1 amide bonds. The average molecular weight is 353 g/mol. The molecule has 25 heavy (non-hydrogen) atoms. The van der Waals surface area contributed by atoms with Crippen LogP contribution in [0.5, 0.6) is 0 Å². The van der Waals surface area contributed by atoms with Gasteiger partial charge in [0.05, 0.1) is 0 Å². The van der Waals surface area contributed by atoms with Gasteiger partial charge < -0.3 is 5.32 Å². The van der Waals surface area contributed by atoms with E-state index in [9.17, 15) is 9.59 Å². The first-order valence-electron chi connectivity index (χ1n) is 8.58. The molecule has 5 nitrogen and oxygen atoms in total. The lowest BCUT2D eigenvalue weighted by molar-refractivity contribution is 0.0949. The number of carbonyl (C=O) groups is 1.